The van der Waals surface area contributed by atoms with Gasteiger partial charge in [0.05, 0.1) is 0 Å². The van der Waals surface area contributed by atoms with Crippen LogP contribution in [0.25, 0.3) is 0 Å². The van der Waals surface area contributed by atoms with Crippen molar-refractivity contribution in [3.8, 4) is 0 Å². The summed E-state index contributed by atoms with van der Waals surface area (Å²) in [4.78, 5) is 11.0. The monoisotopic (exact) mass is 214 g/mol. The molecule has 58 valence electrons. The first-order valence-corrected chi connectivity index (χ1v) is 5.96. The molecule has 0 aliphatic rings. The molecule has 0 spiro atoms. The summed E-state index contributed by atoms with van der Waals surface area (Å²) in [5, 5.41) is 0. The van der Waals surface area contributed by atoms with Crippen molar-refractivity contribution in [1.29, 1.82) is 0 Å². The maximum atomic E-state index is 11.0. The van der Waals surface area contributed by atoms with E-state index in [1.807, 2.05) is 24.3 Å². The Morgan fingerprint density at radius 1 is 1.36 bits per heavy atom. The second kappa shape index (κ2) is 3.70. The van der Waals surface area contributed by atoms with Gasteiger partial charge in [-0.15, -0.1) is 0 Å². The van der Waals surface area contributed by atoms with E-state index in [-0.39, 0.29) is 5.78 Å². The Labute approximate surface area is 73.0 Å². The Hall–Kier alpha value is -0.591. The van der Waals surface area contributed by atoms with Crippen LogP contribution in [0.3, 0.4) is 0 Å². The summed E-state index contributed by atoms with van der Waals surface area (Å²) >= 11 is 0.419. The molecule has 1 rings (SSSR count). The van der Waals surface area contributed by atoms with Crippen LogP contribution < -0.4 is 4.46 Å². The molecule has 0 radical (unpaired) electrons. The van der Waals surface area contributed by atoms with Crippen LogP contribution in [0.15, 0.2) is 24.3 Å². The Morgan fingerprint density at radius 3 is 2.45 bits per heavy atom. The van der Waals surface area contributed by atoms with Crippen molar-refractivity contribution < 1.29 is 4.79 Å². The Balaban J connectivity index is 3.12. The molecule has 0 N–H and O–H groups in total. The third-order valence-corrected chi connectivity index (χ3v) is 3.16. The number of hydrogen-bond donors (Lipinski definition) is 0. The average Bonchev–Trinajstić information content (AvgIpc) is 2.04. The summed E-state index contributed by atoms with van der Waals surface area (Å²) in [6.07, 6.45) is 0. The SMILES string of the molecule is C[Se]c1ccccc1C(C)=O. The first-order chi connectivity index (χ1) is 5.25. The minimum absolute atomic E-state index is 0.171. The Bertz CT molecular complexity index is 268. The summed E-state index contributed by atoms with van der Waals surface area (Å²) < 4.78 is 1.20. The van der Waals surface area contributed by atoms with Gasteiger partial charge in [0.2, 0.25) is 0 Å². The van der Waals surface area contributed by atoms with E-state index in [1.165, 1.54) is 4.46 Å². The number of carbonyl (C=O) groups is 1. The van der Waals surface area contributed by atoms with E-state index >= 15 is 0 Å². The molecule has 1 aromatic rings. The molecule has 0 unspecified atom stereocenters. The predicted octanol–water partition coefficient (Wildman–Crippen LogP) is 1.27. The molecule has 0 saturated heterocycles. The van der Waals surface area contributed by atoms with Crippen LogP contribution in [0, 0.1) is 0 Å². The summed E-state index contributed by atoms with van der Waals surface area (Å²) in [6, 6.07) is 7.80. The van der Waals surface area contributed by atoms with Crippen LogP contribution in [0.1, 0.15) is 17.3 Å². The van der Waals surface area contributed by atoms with Gasteiger partial charge in [0.25, 0.3) is 0 Å². The number of hydrogen-bond acceptors (Lipinski definition) is 1. The zero-order valence-corrected chi connectivity index (χ0v) is 8.34. The quantitative estimate of drug-likeness (QED) is 0.534. The fraction of sp³-hybridized carbons (Fsp3) is 0.222. The minimum atomic E-state index is 0.171. The molecule has 0 heterocycles. The Morgan fingerprint density at radius 2 is 2.00 bits per heavy atom. The van der Waals surface area contributed by atoms with Crippen molar-refractivity contribution >= 4 is 25.2 Å². The van der Waals surface area contributed by atoms with Crippen molar-refractivity contribution in [3.63, 3.8) is 0 Å². The molecule has 0 atom stereocenters. The van der Waals surface area contributed by atoms with Crippen LogP contribution in [-0.2, 0) is 0 Å². The summed E-state index contributed by atoms with van der Waals surface area (Å²) in [7, 11) is 0. The standard InChI is InChI=1S/C9H10OSe/c1-7(10)8-5-3-4-6-9(8)11-2/h3-6H,1-2H3. The molecular formula is C9H10OSe. The summed E-state index contributed by atoms with van der Waals surface area (Å²) in [6.45, 7) is 1.62. The fourth-order valence-corrected chi connectivity index (χ4v) is 2.29. The van der Waals surface area contributed by atoms with Gasteiger partial charge in [-0.25, -0.2) is 0 Å². The number of ketones is 1. The van der Waals surface area contributed by atoms with Crippen LogP contribution in [0.4, 0.5) is 0 Å². The average molecular weight is 213 g/mol. The van der Waals surface area contributed by atoms with E-state index in [2.05, 4.69) is 5.82 Å². The van der Waals surface area contributed by atoms with Gasteiger partial charge in [-0.05, 0) is 0 Å². The zero-order chi connectivity index (χ0) is 8.27. The third kappa shape index (κ3) is 1.92. The normalized spacial score (nSPS) is 9.64. The van der Waals surface area contributed by atoms with E-state index in [0.717, 1.165) is 5.56 Å². The van der Waals surface area contributed by atoms with Crippen LogP contribution in [0.2, 0.25) is 5.82 Å². The van der Waals surface area contributed by atoms with E-state index < -0.39 is 0 Å². The van der Waals surface area contributed by atoms with E-state index in [0.29, 0.717) is 15.0 Å². The molecule has 0 aromatic heterocycles. The van der Waals surface area contributed by atoms with E-state index in [1.54, 1.807) is 6.92 Å². The number of Topliss-reactive ketones (excluding diaryl/α,β-unsaturated/α-hetero) is 1. The molecule has 0 bridgehead atoms. The second-order valence-electron chi connectivity index (χ2n) is 2.26. The molecular weight excluding hydrogens is 203 g/mol. The van der Waals surface area contributed by atoms with E-state index in [4.69, 9.17) is 0 Å². The van der Waals surface area contributed by atoms with Crippen LogP contribution in [-0.4, -0.2) is 20.7 Å². The molecule has 0 aliphatic heterocycles. The van der Waals surface area contributed by atoms with Gasteiger partial charge in [0.1, 0.15) is 0 Å². The van der Waals surface area contributed by atoms with Gasteiger partial charge in [-0.1, -0.05) is 0 Å². The first kappa shape index (κ1) is 8.51. The molecule has 0 aliphatic carbocycles. The van der Waals surface area contributed by atoms with Gasteiger partial charge in [-0.2, -0.15) is 0 Å². The van der Waals surface area contributed by atoms with Gasteiger partial charge in [0.15, 0.2) is 0 Å². The van der Waals surface area contributed by atoms with Gasteiger partial charge >= 0.3 is 72.6 Å². The van der Waals surface area contributed by atoms with Crippen molar-refractivity contribution in [1.82, 2.24) is 0 Å². The molecule has 0 amide bonds. The predicted molar refractivity (Wildman–Crippen MR) is 47.7 cm³/mol. The second-order valence-corrected chi connectivity index (χ2v) is 4.04. The summed E-state index contributed by atoms with van der Waals surface area (Å²) in [5.41, 5.74) is 0.884. The van der Waals surface area contributed by atoms with Crippen molar-refractivity contribution in [2.75, 3.05) is 0 Å². The summed E-state index contributed by atoms with van der Waals surface area (Å²) in [5.74, 6) is 2.29. The van der Waals surface area contributed by atoms with Crippen LogP contribution >= 0.6 is 0 Å². The molecule has 11 heavy (non-hydrogen) atoms. The fourth-order valence-electron chi connectivity index (χ4n) is 0.935. The zero-order valence-electron chi connectivity index (χ0n) is 6.63. The molecule has 1 aromatic carbocycles. The van der Waals surface area contributed by atoms with Crippen molar-refractivity contribution in [2.24, 2.45) is 0 Å². The third-order valence-electron chi connectivity index (χ3n) is 1.49. The van der Waals surface area contributed by atoms with Gasteiger partial charge in [-0.3, -0.25) is 0 Å². The molecule has 0 saturated carbocycles. The van der Waals surface area contributed by atoms with Gasteiger partial charge in [0, 0.05) is 0 Å². The maximum absolute atomic E-state index is 11.0. The van der Waals surface area contributed by atoms with Crippen molar-refractivity contribution in [3.05, 3.63) is 29.8 Å². The molecule has 1 nitrogen and oxygen atoms in total. The topological polar surface area (TPSA) is 17.1 Å². The van der Waals surface area contributed by atoms with Crippen molar-refractivity contribution in [2.45, 2.75) is 12.7 Å². The molecule has 0 fully saturated rings. The van der Waals surface area contributed by atoms with Crippen LogP contribution in [0.5, 0.6) is 0 Å². The first-order valence-electron chi connectivity index (χ1n) is 3.39. The number of rotatable bonds is 2. The number of carbonyl (C=O) groups excluding carboxylic acids is 1. The Kier molecular flexibility index (Phi) is 2.86. The van der Waals surface area contributed by atoms with Gasteiger partial charge < -0.3 is 0 Å². The number of benzene rings is 1. The molecule has 2 heteroatoms. The van der Waals surface area contributed by atoms with E-state index in [9.17, 15) is 4.79 Å².